The van der Waals surface area contributed by atoms with Crippen molar-refractivity contribution in [2.45, 2.75) is 24.2 Å². The van der Waals surface area contributed by atoms with Crippen LogP contribution in [-0.4, -0.2) is 31.8 Å². The lowest BCUT2D eigenvalue weighted by molar-refractivity contribution is 0.0735. The Morgan fingerprint density at radius 3 is 2.37 bits per heavy atom. The van der Waals surface area contributed by atoms with Gasteiger partial charge in [0, 0.05) is 13.1 Å². The molecule has 2 aromatic rings. The normalized spacial score (nSPS) is 15.5. The van der Waals surface area contributed by atoms with Crippen molar-refractivity contribution in [1.29, 1.82) is 0 Å². The van der Waals surface area contributed by atoms with E-state index in [2.05, 4.69) is 0 Å². The first-order valence-corrected chi connectivity index (χ1v) is 10.8. The molecule has 0 atom stereocenters. The van der Waals surface area contributed by atoms with Crippen LogP contribution in [0.25, 0.3) is 0 Å². The smallest absolute Gasteiger partial charge is 0.345 e. The van der Waals surface area contributed by atoms with Crippen LogP contribution in [0.3, 0.4) is 0 Å². The van der Waals surface area contributed by atoms with Crippen LogP contribution in [0, 0.1) is 0 Å². The molecular formula is C18H16Cl3NO4S. The molecule has 9 heteroatoms. The number of sulfonamides is 1. The van der Waals surface area contributed by atoms with Crippen molar-refractivity contribution in [3.63, 3.8) is 0 Å². The maximum atomic E-state index is 12.8. The van der Waals surface area contributed by atoms with E-state index in [1.165, 1.54) is 28.6 Å². The number of ether oxygens (including phenoxy) is 1. The molecule has 0 radical (unpaired) electrons. The van der Waals surface area contributed by atoms with Crippen molar-refractivity contribution in [2.75, 3.05) is 13.1 Å². The molecule has 0 amide bonds. The third-order valence-electron chi connectivity index (χ3n) is 4.23. The van der Waals surface area contributed by atoms with Gasteiger partial charge in [0.2, 0.25) is 10.0 Å². The second kappa shape index (κ2) is 8.37. The van der Waals surface area contributed by atoms with Crippen LogP contribution >= 0.6 is 34.8 Å². The van der Waals surface area contributed by atoms with Gasteiger partial charge < -0.3 is 4.74 Å². The average Bonchev–Trinajstić information content (AvgIpc) is 2.66. The first kappa shape index (κ1) is 20.4. The second-order valence-electron chi connectivity index (χ2n) is 6.05. The highest BCUT2D eigenvalue weighted by atomic mass is 35.5. The summed E-state index contributed by atoms with van der Waals surface area (Å²) < 4.78 is 32.3. The van der Waals surface area contributed by atoms with Gasteiger partial charge in [-0.2, -0.15) is 4.31 Å². The van der Waals surface area contributed by atoms with Crippen molar-refractivity contribution < 1.29 is 17.9 Å². The molecule has 0 bridgehead atoms. The molecule has 1 heterocycles. The number of carbonyl (C=O) groups excluding carboxylic acids is 1. The number of hydrogen-bond donors (Lipinski definition) is 0. The van der Waals surface area contributed by atoms with Gasteiger partial charge in [-0.05, 0) is 43.2 Å². The molecule has 144 valence electrons. The topological polar surface area (TPSA) is 63.7 Å². The zero-order chi connectivity index (χ0) is 19.6. The van der Waals surface area contributed by atoms with Crippen molar-refractivity contribution in [1.82, 2.24) is 4.31 Å². The van der Waals surface area contributed by atoms with E-state index in [0.717, 1.165) is 19.3 Å². The summed E-state index contributed by atoms with van der Waals surface area (Å²) in [6, 6.07) is 8.60. The fraction of sp³-hybridized carbons (Fsp3) is 0.278. The molecule has 1 aliphatic heterocycles. The van der Waals surface area contributed by atoms with Crippen LogP contribution in [-0.2, 0) is 10.0 Å². The summed E-state index contributed by atoms with van der Waals surface area (Å²) in [5.74, 6) is -0.755. The van der Waals surface area contributed by atoms with Gasteiger partial charge in [-0.25, -0.2) is 13.2 Å². The highest BCUT2D eigenvalue weighted by molar-refractivity contribution is 7.89. The Bertz CT molecular complexity index is 973. The third-order valence-corrected chi connectivity index (χ3v) is 7.26. The van der Waals surface area contributed by atoms with E-state index in [0.29, 0.717) is 13.1 Å². The molecule has 0 spiro atoms. The van der Waals surface area contributed by atoms with Crippen LogP contribution in [0.15, 0.2) is 41.3 Å². The van der Waals surface area contributed by atoms with Gasteiger partial charge in [0.1, 0.15) is 5.02 Å². The summed E-state index contributed by atoms with van der Waals surface area (Å²) in [4.78, 5) is 12.5. The van der Waals surface area contributed by atoms with Crippen LogP contribution in [0.1, 0.15) is 29.6 Å². The summed E-state index contributed by atoms with van der Waals surface area (Å²) in [5, 5.41) is 0.394. The Labute approximate surface area is 172 Å². The first-order chi connectivity index (χ1) is 12.8. The Morgan fingerprint density at radius 2 is 1.67 bits per heavy atom. The highest BCUT2D eigenvalue weighted by Crippen LogP contribution is 2.33. The number of benzene rings is 2. The zero-order valence-corrected chi connectivity index (χ0v) is 17.2. The number of esters is 1. The number of nitrogens with zero attached hydrogens (tertiary/aromatic N) is 1. The molecule has 3 rings (SSSR count). The largest absolute Gasteiger partial charge is 0.421 e. The van der Waals surface area contributed by atoms with Gasteiger partial charge in [0.15, 0.2) is 5.75 Å². The molecule has 5 nitrogen and oxygen atoms in total. The Morgan fingerprint density at radius 1 is 0.963 bits per heavy atom. The van der Waals surface area contributed by atoms with E-state index in [-0.39, 0.29) is 31.3 Å². The minimum Gasteiger partial charge on any atom is -0.421 e. The lowest BCUT2D eigenvalue weighted by Crippen LogP contribution is -2.35. The van der Waals surface area contributed by atoms with E-state index in [4.69, 9.17) is 39.5 Å². The van der Waals surface area contributed by atoms with Crippen LogP contribution < -0.4 is 4.74 Å². The Kier molecular flexibility index (Phi) is 6.33. The molecule has 0 saturated carbocycles. The van der Waals surface area contributed by atoms with E-state index in [1.54, 1.807) is 12.1 Å². The Hall–Kier alpha value is -1.31. The molecule has 2 aromatic carbocycles. The number of carbonyl (C=O) groups is 1. The van der Waals surface area contributed by atoms with Crippen LogP contribution in [0.4, 0.5) is 0 Å². The van der Waals surface area contributed by atoms with Crippen LogP contribution in [0.2, 0.25) is 15.1 Å². The number of piperidine rings is 1. The van der Waals surface area contributed by atoms with Gasteiger partial charge in [-0.15, -0.1) is 0 Å². The first-order valence-electron chi connectivity index (χ1n) is 8.26. The molecule has 0 aliphatic carbocycles. The minimum atomic E-state index is -3.70. The maximum absolute atomic E-state index is 12.8. The van der Waals surface area contributed by atoms with Crippen molar-refractivity contribution in [3.05, 3.63) is 57.0 Å². The summed E-state index contributed by atoms with van der Waals surface area (Å²) >= 11 is 18.0. The average molecular weight is 449 g/mol. The molecule has 0 N–H and O–H groups in total. The van der Waals surface area contributed by atoms with Crippen LogP contribution in [0.5, 0.6) is 5.75 Å². The molecule has 0 aromatic heterocycles. The molecular weight excluding hydrogens is 433 g/mol. The highest BCUT2D eigenvalue weighted by Gasteiger charge is 2.27. The molecule has 1 fully saturated rings. The van der Waals surface area contributed by atoms with E-state index in [1.807, 2.05) is 0 Å². The van der Waals surface area contributed by atoms with Crippen molar-refractivity contribution in [2.24, 2.45) is 0 Å². The van der Waals surface area contributed by atoms with E-state index in [9.17, 15) is 13.2 Å². The summed E-state index contributed by atoms with van der Waals surface area (Å²) in [6.45, 7) is 0.922. The lowest BCUT2D eigenvalue weighted by atomic mass is 10.2. The molecule has 1 saturated heterocycles. The predicted octanol–water partition coefficient (Wildman–Crippen LogP) is 5.04. The predicted molar refractivity (Wildman–Crippen MR) is 105 cm³/mol. The molecule has 1 aliphatic rings. The zero-order valence-electron chi connectivity index (χ0n) is 14.1. The molecule has 0 unspecified atom stereocenters. The Balaban J connectivity index is 1.91. The fourth-order valence-corrected chi connectivity index (χ4v) is 4.86. The van der Waals surface area contributed by atoms with Crippen molar-refractivity contribution >= 4 is 50.8 Å². The fourth-order valence-electron chi connectivity index (χ4n) is 2.79. The quantitative estimate of drug-likeness (QED) is 0.485. The monoisotopic (exact) mass is 447 g/mol. The molecule has 27 heavy (non-hydrogen) atoms. The van der Waals surface area contributed by atoms with E-state index >= 15 is 0 Å². The number of halogens is 3. The standard InChI is InChI=1S/C18H16Cl3NO4S/c19-14-8-7-12(27(24,25)22-9-2-1-3-10-22)11-13(14)18(23)26-16-6-4-5-15(20)17(16)21/h4-8,11H,1-3,9-10H2. The van der Waals surface area contributed by atoms with E-state index < -0.39 is 16.0 Å². The summed E-state index contributed by atoms with van der Waals surface area (Å²) in [7, 11) is -3.70. The van der Waals surface area contributed by atoms with Crippen molar-refractivity contribution in [3.8, 4) is 5.75 Å². The lowest BCUT2D eigenvalue weighted by Gasteiger charge is -2.26. The van der Waals surface area contributed by atoms with Gasteiger partial charge >= 0.3 is 5.97 Å². The minimum absolute atomic E-state index is 0.00191. The number of rotatable bonds is 4. The summed E-state index contributed by atoms with van der Waals surface area (Å²) in [6.07, 6.45) is 2.63. The van der Waals surface area contributed by atoms with Gasteiger partial charge in [0.05, 0.1) is 20.5 Å². The third kappa shape index (κ3) is 4.41. The SMILES string of the molecule is O=C(Oc1cccc(Cl)c1Cl)c1cc(S(=O)(=O)N2CCCCC2)ccc1Cl. The van der Waals surface area contributed by atoms with Gasteiger partial charge in [-0.3, -0.25) is 0 Å². The number of hydrogen-bond acceptors (Lipinski definition) is 4. The van der Waals surface area contributed by atoms with Gasteiger partial charge in [-0.1, -0.05) is 47.3 Å². The second-order valence-corrected chi connectivity index (χ2v) is 9.18. The van der Waals surface area contributed by atoms with Gasteiger partial charge in [0.25, 0.3) is 0 Å². The summed E-state index contributed by atoms with van der Waals surface area (Å²) in [5.41, 5.74) is -0.0641. The maximum Gasteiger partial charge on any atom is 0.345 e.